The molecule has 5 heteroatoms. The Morgan fingerprint density at radius 2 is 1.74 bits per heavy atom. The maximum Gasteiger partial charge on any atom is 0.326 e. The molecule has 2 saturated carbocycles. The molecule has 0 aromatic rings. The number of aliphatic carboxylic acids is 1. The molecule has 2 rings (SSSR count). The molecule has 0 radical (unpaired) electrons. The van der Waals surface area contributed by atoms with E-state index in [2.05, 4.69) is 38.3 Å². The lowest BCUT2D eigenvalue weighted by Crippen LogP contribution is -2.47. The molecule has 2 aliphatic carbocycles. The van der Waals surface area contributed by atoms with Crippen LogP contribution in [0.4, 0.5) is 4.79 Å². The Bertz CT molecular complexity index is 385. The van der Waals surface area contributed by atoms with Gasteiger partial charge in [0.05, 0.1) is 0 Å². The summed E-state index contributed by atoms with van der Waals surface area (Å²) in [6.45, 7) is 9.38. The number of nitrogens with one attached hydrogen (secondary N) is 2. The van der Waals surface area contributed by atoms with Crippen LogP contribution in [0.2, 0.25) is 0 Å². The zero-order chi connectivity index (χ0) is 14.4. The number of hydrogen-bond donors (Lipinski definition) is 3. The molecule has 0 aliphatic heterocycles. The minimum Gasteiger partial charge on any atom is -0.480 e. The minimum absolute atomic E-state index is 0.108. The Morgan fingerprint density at radius 3 is 2.11 bits per heavy atom. The molecule has 2 aliphatic rings. The van der Waals surface area contributed by atoms with Gasteiger partial charge >= 0.3 is 12.0 Å². The van der Waals surface area contributed by atoms with E-state index in [4.69, 9.17) is 5.11 Å². The number of carbonyl (C=O) groups is 2. The van der Waals surface area contributed by atoms with Gasteiger partial charge < -0.3 is 15.7 Å². The molecule has 0 aromatic carbocycles. The van der Waals surface area contributed by atoms with Crippen LogP contribution in [0.3, 0.4) is 0 Å². The molecule has 2 fully saturated rings. The van der Waals surface area contributed by atoms with E-state index in [-0.39, 0.29) is 22.8 Å². The second kappa shape index (κ2) is 4.39. The second-order valence-electron chi connectivity index (χ2n) is 7.00. The van der Waals surface area contributed by atoms with Crippen molar-refractivity contribution in [2.45, 2.75) is 46.6 Å². The number of carboxylic acids is 1. The molecule has 0 aromatic heterocycles. The van der Waals surface area contributed by atoms with Gasteiger partial charge in [-0.15, -0.1) is 0 Å². The van der Waals surface area contributed by atoms with Crippen LogP contribution in [0.15, 0.2) is 0 Å². The van der Waals surface area contributed by atoms with Crippen LogP contribution in [0.1, 0.15) is 40.5 Å². The summed E-state index contributed by atoms with van der Waals surface area (Å²) in [6.07, 6.45) is 1.78. The zero-order valence-electron chi connectivity index (χ0n) is 12.1. The van der Waals surface area contributed by atoms with Crippen LogP contribution in [0.25, 0.3) is 0 Å². The standard InChI is InChI=1S/C14H24N2O3/c1-13(2)9(14(13,3)4)7-15-12(19)16-10(11(17)18)8-5-6-8/h8-10H,5-7H2,1-4H3,(H,17,18)(H2,15,16,19). The van der Waals surface area contributed by atoms with Crippen molar-refractivity contribution in [2.24, 2.45) is 22.7 Å². The Balaban J connectivity index is 1.78. The third kappa shape index (κ3) is 2.55. The molecule has 0 spiro atoms. The van der Waals surface area contributed by atoms with Crippen LogP contribution in [-0.4, -0.2) is 29.7 Å². The number of rotatable bonds is 5. The van der Waals surface area contributed by atoms with E-state index in [0.29, 0.717) is 12.5 Å². The van der Waals surface area contributed by atoms with Crippen LogP contribution < -0.4 is 10.6 Å². The third-order valence-electron chi connectivity index (χ3n) is 5.43. The quantitative estimate of drug-likeness (QED) is 0.712. The first-order chi connectivity index (χ1) is 8.68. The Kier molecular flexibility index (Phi) is 3.27. The smallest absolute Gasteiger partial charge is 0.326 e. The molecule has 0 bridgehead atoms. The van der Waals surface area contributed by atoms with Gasteiger partial charge in [0.15, 0.2) is 0 Å². The molecule has 108 valence electrons. The van der Waals surface area contributed by atoms with Crippen molar-refractivity contribution in [3.63, 3.8) is 0 Å². The van der Waals surface area contributed by atoms with Crippen molar-refractivity contribution in [2.75, 3.05) is 6.54 Å². The van der Waals surface area contributed by atoms with Gasteiger partial charge in [-0.05, 0) is 35.5 Å². The Labute approximate surface area is 114 Å². The van der Waals surface area contributed by atoms with Gasteiger partial charge in [0.1, 0.15) is 6.04 Å². The Hall–Kier alpha value is -1.26. The van der Waals surface area contributed by atoms with Gasteiger partial charge in [-0.2, -0.15) is 0 Å². The molecule has 1 unspecified atom stereocenters. The largest absolute Gasteiger partial charge is 0.480 e. The summed E-state index contributed by atoms with van der Waals surface area (Å²) >= 11 is 0. The Morgan fingerprint density at radius 1 is 1.21 bits per heavy atom. The van der Waals surface area contributed by atoms with E-state index in [9.17, 15) is 9.59 Å². The molecular weight excluding hydrogens is 244 g/mol. The molecule has 2 amide bonds. The van der Waals surface area contributed by atoms with E-state index < -0.39 is 12.0 Å². The van der Waals surface area contributed by atoms with E-state index in [0.717, 1.165) is 12.8 Å². The average molecular weight is 268 g/mol. The van der Waals surface area contributed by atoms with Crippen LogP contribution in [-0.2, 0) is 4.79 Å². The fourth-order valence-corrected chi connectivity index (χ4v) is 3.04. The van der Waals surface area contributed by atoms with Gasteiger partial charge in [-0.25, -0.2) is 9.59 Å². The lowest BCUT2D eigenvalue weighted by atomic mass is 10.0. The molecule has 19 heavy (non-hydrogen) atoms. The van der Waals surface area contributed by atoms with Crippen molar-refractivity contribution in [1.82, 2.24) is 10.6 Å². The van der Waals surface area contributed by atoms with Gasteiger partial charge in [0, 0.05) is 6.54 Å². The van der Waals surface area contributed by atoms with Gasteiger partial charge in [0.25, 0.3) is 0 Å². The summed E-state index contributed by atoms with van der Waals surface area (Å²) in [5.74, 6) is -0.392. The third-order valence-corrected chi connectivity index (χ3v) is 5.43. The highest BCUT2D eigenvalue weighted by Gasteiger charge is 2.64. The first-order valence-electron chi connectivity index (χ1n) is 6.95. The molecule has 5 nitrogen and oxygen atoms in total. The fraction of sp³-hybridized carbons (Fsp3) is 0.857. The van der Waals surface area contributed by atoms with Gasteiger partial charge in [0.2, 0.25) is 0 Å². The lowest BCUT2D eigenvalue weighted by molar-refractivity contribution is -0.139. The molecule has 0 heterocycles. The number of carbonyl (C=O) groups excluding carboxylic acids is 1. The summed E-state index contributed by atoms with van der Waals surface area (Å²) < 4.78 is 0. The van der Waals surface area contributed by atoms with Crippen LogP contribution in [0.5, 0.6) is 0 Å². The zero-order valence-corrected chi connectivity index (χ0v) is 12.1. The van der Waals surface area contributed by atoms with Crippen molar-refractivity contribution >= 4 is 12.0 Å². The van der Waals surface area contributed by atoms with E-state index >= 15 is 0 Å². The summed E-state index contributed by atoms with van der Waals surface area (Å²) in [5, 5.41) is 14.4. The number of carboxylic acid groups (broad SMARTS) is 1. The van der Waals surface area contributed by atoms with Crippen molar-refractivity contribution in [1.29, 1.82) is 0 Å². The molecular formula is C14H24N2O3. The maximum atomic E-state index is 11.8. The number of urea groups is 1. The average Bonchev–Trinajstić information content (AvgIpc) is 3.14. The summed E-state index contributed by atoms with van der Waals surface area (Å²) in [5.41, 5.74) is 0.450. The second-order valence-corrected chi connectivity index (χ2v) is 7.00. The van der Waals surface area contributed by atoms with Crippen molar-refractivity contribution < 1.29 is 14.7 Å². The highest BCUT2D eigenvalue weighted by atomic mass is 16.4. The highest BCUT2D eigenvalue weighted by molar-refractivity contribution is 5.83. The van der Waals surface area contributed by atoms with Crippen molar-refractivity contribution in [3.05, 3.63) is 0 Å². The first kappa shape index (κ1) is 14.2. The van der Waals surface area contributed by atoms with Crippen LogP contribution >= 0.6 is 0 Å². The number of amides is 2. The van der Waals surface area contributed by atoms with E-state index in [1.807, 2.05) is 0 Å². The number of hydrogen-bond acceptors (Lipinski definition) is 2. The van der Waals surface area contributed by atoms with Crippen molar-refractivity contribution in [3.8, 4) is 0 Å². The van der Waals surface area contributed by atoms with E-state index in [1.165, 1.54) is 0 Å². The molecule has 0 saturated heterocycles. The van der Waals surface area contributed by atoms with Gasteiger partial charge in [-0.1, -0.05) is 27.7 Å². The predicted octanol–water partition coefficient (Wildman–Crippen LogP) is 1.83. The lowest BCUT2D eigenvalue weighted by Gasteiger charge is -2.14. The summed E-state index contributed by atoms with van der Waals surface area (Å²) in [4.78, 5) is 22.8. The molecule has 1 atom stereocenters. The fourth-order valence-electron chi connectivity index (χ4n) is 3.04. The summed E-state index contributed by atoms with van der Waals surface area (Å²) in [6, 6.07) is -1.10. The SMILES string of the molecule is CC1(C)C(CNC(=O)NC(C(=O)O)C2CC2)C1(C)C. The predicted molar refractivity (Wildman–Crippen MR) is 71.7 cm³/mol. The normalized spacial score (nSPS) is 25.5. The monoisotopic (exact) mass is 268 g/mol. The van der Waals surface area contributed by atoms with Gasteiger partial charge in [-0.3, -0.25) is 0 Å². The maximum absolute atomic E-state index is 11.8. The van der Waals surface area contributed by atoms with E-state index in [1.54, 1.807) is 0 Å². The summed E-state index contributed by atoms with van der Waals surface area (Å²) in [7, 11) is 0. The molecule has 3 N–H and O–H groups in total. The highest BCUT2D eigenvalue weighted by Crippen LogP contribution is 2.67. The first-order valence-corrected chi connectivity index (χ1v) is 6.95. The van der Waals surface area contributed by atoms with Crippen LogP contribution in [0, 0.1) is 22.7 Å². The minimum atomic E-state index is -0.940. The topological polar surface area (TPSA) is 78.4 Å².